The van der Waals surface area contributed by atoms with E-state index >= 15 is 0 Å². The summed E-state index contributed by atoms with van der Waals surface area (Å²) >= 11 is 0. The summed E-state index contributed by atoms with van der Waals surface area (Å²) in [6.45, 7) is 4.54. The van der Waals surface area contributed by atoms with Crippen LogP contribution in [0.25, 0.3) is 0 Å². The number of carbonyl (C=O) groups is 1. The second-order valence-corrected chi connectivity index (χ2v) is 9.05. The summed E-state index contributed by atoms with van der Waals surface area (Å²) in [5, 5.41) is 9.19. The lowest BCUT2D eigenvalue weighted by Crippen LogP contribution is -2.08. The Morgan fingerprint density at radius 1 is 0.536 bits per heavy atom. The molecule has 0 rings (SSSR count). The monoisotopic (exact) mass is 396 g/mol. The highest BCUT2D eigenvalue weighted by atomic mass is 16.4. The lowest BCUT2D eigenvalue weighted by molar-refractivity contribution is -0.138. The van der Waals surface area contributed by atoms with Crippen molar-refractivity contribution in [2.24, 2.45) is 5.92 Å². The van der Waals surface area contributed by atoms with Crippen LogP contribution >= 0.6 is 0 Å². The minimum absolute atomic E-state index is 0.383. The van der Waals surface area contributed by atoms with Gasteiger partial charge in [-0.2, -0.15) is 0 Å². The molecular weight excluding hydrogens is 344 g/mol. The lowest BCUT2D eigenvalue weighted by Gasteiger charge is -2.14. The zero-order valence-electron chi connectivity index (χ0n) is 19.5. The topological polar surface area (TPSA) is 37.3 Å². The molecule has 0 aliphatic carbocycles. The third kappa shape index (κ3) is 21.8. The molecular formula is C26H52O2. The average Bonchev–Trinajstić information content (AvgIpc) is 2.67. The fourth-order valence-electron chi connectivity index (χ4n) is 4.26. The third-order valence-electron chi connectivity index (χ3n) is 6.15. The number of hydrogen-bond acceptors (Lipinski definition) is 1. The Hall–Kier alpha value is -0.530. The van der Waals surface area contributed by atoms with E-state index in [-0.39, 0.29) is 0 Å². The van der Waals surface area contributed by atoms with E-state index in [0.29, 0.717) is 12.3 Å². The van der Waals surface area contributed by atoms with E-state index < -0.39 is 5.97 Å². The summed E-state index contributed by atoms with van der Waals surface area (Å²) < 4.78 is 0. The molecule has 0 spiro atoms. The van der Waals surface area contributed by atoms with Crippen LogP contribution in [-0.4, -0.2) is 11.1 Å². The van der Waals surface area contributed by atoms with E-state index in [1.54, 1.807) is 0 Å². The standard InChI is InChI=1S/C26H52O2/c1-3-5-7-9-11-13-15-17-19-21-23-25(24-26(27)28)22-20-18-16-14-12-10-8-6-4-2/h25H,3-24H2,1-2H3,(H,27,28). The first-order chi connectivity index (χ1) is 13.7. The second kappa shape index (κ2) is 22.8. The molecule has 0 heterocycles. The molecule has 28 heavy (non-hydrogen) atoms. The van der Waals surface area contributed by atoms with Crippen LogP contribution in [0.1, 0.15) is 155 Å². The van der Waals surface area contributed by atoms with Crippen LogP contribution < -0.4 is 0 Å². The second-order valence-electron chi connectivity index (χ2n) is 9.05. The largest absolute Gasteiger partial charge is 0.481 e. The molecule has 0 saturated carbocycles. The van der Waals surface area contributed by atoms with Crippen molar-refractivity contribution < 1.29 is 9.90 Å². The molecule has 0 radical (unpaired) electrons. The van der Waals surface area contributed by atoms with E-state index in [9.17, 15) is 9.90 Å². The van der Waals surface area contributed by atoms with Gasteiger partial charge < -0.3 is 5.11 Å². The Morgan fingerprint density at radius 3 is 1.11 bits per heavy atom. The van der Waals surface area contributed by atoms with Crippen molar-refractivity contribution in [3.05, 3.63) is 0 Å². The Kier molecular flexibility index (Phi) is 22.3. The van der Waals surface area contributed by atoms with E-state index in [2.05, 4.69) is 13.8 Å². The first-order valence-electron chi connectivity index (χ1n) is 12.9. The summed E-state index contributed by atoms with van der Waals surface area (Å²) in [4.78, 5) is 11.2. The smallest absolute Gasteiger partial charge is 0.303 e. The summed E-state index contributed by atoms with van der Waals surface area (Å²) in [5.74, 6) is -0.191. The number of hydrogen-bond donors (Lipinski definition) is 1. The van der Waals surface area contributed by atoms with Crippen molar-refractivity contribution in [2.75, 3.05) is 0 Å². The van der Waals surface area contributed by atoms with Gasteiger partial charge in [0.05, 0.1) is 0 Å². The molecule has 168 valence electrons. The van der Waals surface area contributed by atoms with Gasteiger partial charge in [-0.3, -0.25) is 4.79 Å². The zero-order valence-corrected chi connectivity index (χ0v) is 19.5. The Labute approximate surface area is 177 Å². The van der Waals surface area contributed by atoms with Crippen LogP contribution in [0.2, 0.25) is 0 Å². The normalized spacial score (nSPS) is 12.4. The van der Waals surface area contributed by atoms with Gasteiger partial charge in [-0.1, -0.05) is 136 Å². The Morgan fingerprint density at radius 2 is 0.821 bits per heavy atom. The SMILES string of the molecule is CCCCCCCCCCCCC(CCCCCCCCCCC)CC(=O)O. The Bertz CT molecular complexity index is 314. The first kappa shape index (κ1) is 27.5. The first-order valence-corrected chi connectivity index (χ1v) is 12.9. The zero-order chi connectivity index (χ0) is 20.7. The van der Waals surface area contributed by atoms with Crippen LogP contribution in [0.5, 0.6) is 0 Å². The third-order valence-corrected chi connectivity index (χ3v) is 6.15. The van der Waals surface area contributed by atoms with Gasteiger partial charge in [-0.05, 0) is 18.8 Å². The molecule has 0 fully saturated rings. The Balaban J connectivity index is 3.57. The lowest BCUT2D eigenvalue weighted by atomic mass is 9.91. The molecule has 2 nitrogen and oxygen atoms in total. The van der Waals surface area contributed by atoms with E-state index in [1.165, 1.54) is 122 Å². The van der Waals surface area contributed by atoms with Gasteiger partial charge >= 0.3 is 5.97 Å². The van der Waals surface area contributed by atoms with Crippen LogP contribution in [0.3, 0.4) is 0 Å². The molecule has 0 aliphatic rings. The molecule has 0 aromatic carbocycles. The average molecular weight is 397 g/mol. The highest BCUT2D eigenvalue weighted by Crippen LogP contribution is 2.22. The minimum atomic E-state index is -0.604. The number of carboxylic acids is 1. The predicted molar refractivity (Wildman–Crippen MR) is 124 cm³/mol. The summed E-state index contributed by atoms with van der Waals surface area (Å²) in [7, 11) is 0. The number of aliphatic carboxylic acids is 1. The molecule has 0 bridgehead atoms. The van der Waals surface area contributed by atoms with Crippen molar-refractivity contribution in [3.63, 3.8) is 0 Å². The van der Waals surface area contributed by atoms with Gasteiger partial charge in [0.2, 0.25) is 0 Å². The highest BCUT2D eigenvalue weighted by molar-refractivity contribution is 5.66. The maximum absolute atomic E-state index is 11.2. The molecule has 0 aromatic heterocycles. The summed E-state index contributed by atoms with van der Waals surface area (Å²) in [6, 6.07) is 0. The van der Waals surface area contributed by atoms with Crippen LogP contribution in [0, 0.1) is 5.92 Å². The molecule has 1 N–H and O–H groups in total. The van der Waals surface area contributed by atoms with Gasteiger partial charge in [0.1, 0.15) is 0 Å². The van der Waals surface area contributed by atoms with Gasteiger partial charge in [0.15, 0.2) is 0 Å². The fraction of sp³-hybridized carbons (Fsp3) is 0.962. The van der Waals surface area contributed by atoms with Gasteiger partial charge in [0, 0.05) is 6.42 Å². The van der Waals surface area contributed by atoms with E-state index in [4.69, 9.17) is 0 Å². The maximum atomic E-state index is 11.2. The molecule has 0 aromatic rings. The molecule has 1 unspecified atom stereocenters. The van der Waals surface area contributed by atoms with Gasteiger partial charge in [-0.15, -0.1) is 0 Å². The van der Waals surface area contributed by atoms with Crippen LogP contribution in [0.4, 0.5) is 0 Å². The van der Waals surface area contributed by atoms with Crippen molar-refractivity contribution in [2.45, 2.75) is 155 Å². The van der Waals surface area contributed by atoms with E-state index in [0.717, 1.165) is 12.8 Å². The predicted octanol–water partition coefficient (Wildman–Crippen LogP) is 9.31. The van der Waals surface area contributed by atoms with Crippen LogP contribution in [-0.2, 0) is 4.79 Å². The van der Waals surface area contributed by atoms with Gasteiger partial charge in [-0.25, -0.2) is 0 Å². The van der Waals surface area contributed by atoms with E-state index in [1.807, 2.05) is 0 Å². The maximum Gasteiger partial charge on any atom is 0.303 e. The fourth-order valence-corrected chi connectivity index (χ4v) is 4.26. The molecule has 2 heteroatoms. The van der Waals surface area contributed by atoms with Crippen LogP contribution in [0.15, 0.2) is 0 Å². The number of unbranched alkanes of at least 4 members (excludes halogenated alkanes) is 17. The van der Waals surface area contributed by atoms with Crippen molar-refractivity contribution in [1.29, 1.82) is 0 Å². The van der Waals surface area contributed by atoms with Gasteiger partial charge in [0.25, 0.3) is 0 Å². The van der Waals surface area contributed by atoms with Crippen molar-refractivity contribution in [1.82, 2.24) is 0 Å². The van der Waals surface area contributed by atoms with Crippen molar-refractivity contribution >= 4 is 5.97 Å². The van der Waals surface area contributed by atoms with Crippen molar-refractivity contribution in [3.8, 4) is 0 Å². The molecule has 0 aliphatic heterocycles. The minimum Gasteiger partial charge on any atom is -0.481 e. The quantitative estimate of drug-likeness (QED) is 0.175. The summed E-state index contributed by atoms with van der Waals surface area (Å²) in [6.07, 6.45) is 28.3. The molecule has 0 amide bonds. The number of rotatable bonds is 23. The highest BCUT2D eigenvalue weighted by Gasteiger charge is 2.12. The summed E-state index contributed by atoms with van der Waals surface area (Å²) in [5.41, 5.74) is 0. The molecule has 1 atom stereocenters. The molecule has 0 saturated heterocycles. The number of carboxylic acid groups (broad SMARTS) is 1.